The zero-order chi connectivity index (χ0) is 13.3. The first-order valence-corrected chi connectivity index (χ1v) is 6.94. The quantitative estimate of drug-likeness (QED) is 0.824. The fourth-order valence-electron chi connectivity index (χ4n) is 2.07. The monoisotopic (exact) mass is 265 g/mol. The number of thiophene rings is 1. The Kier molecular flexibility index (Phi) is 3.59. The highest BCUT2D eigenvalue weighted by Crippen LogP contribution is 2.40. The maximum absolute atomic E-state index is 11.7. The largest absolute Gasteiger partial charge is 0.392 e. The van der Waals surface area contributed by atoms with E-state index < -0.39 is 0 Å². The molecule has 18 heavy (non-hydrogen) atoms. The van der Waals surface area contributed by atoms with Gasteiger partial charge in [-0.3, -0.25) is 4.79 Å². The van der Waals surface area contributed by atoms with Crippen LogP contribution in [0.1, 0.15) is 30.0 Å². The average Bonchev–Trinajstić information content (AvgIpc) is 2.72. The molecule has 1 saturated carbocycles. The standard InChI is InChI=1S/C14H19NO2S/c1-9-4-5-10(18-9)6-7-13(17)15-11-8-12(16)14(11,2)3/h4-7,11-12,16H,8H2,1-3H3,(H,15,17)/b7-6+. The lowest BCUT2D eigenvalue weighted by atomic mass is 9.64. The van der Waals surface area contributed by atoms with Crippen LogP contribution in [0.2, 0.25) is 0 Å². The van der Waals surface area contributed by atoms with Crippen molar-refractivity contribution in [2.45, 2.75) is 39.3 Å². The van der Waals surface area contributed by atoms with Gasteiger partial charge in [-0.15, -0.1) is 11.3 Å². The first kappa shape index (κ1) is 13.3. The second-order valence-corrected chi connectivity index (χ2v) is 6.74. The number of hydrogen-bond donors (Lipinski definition) is 2. The van der Waals surface area contributed by atoms with Gasteiger partial charge in [-0.2, -0.15) is 0 Å². The molecule has 1 aliphatic rings. The number of rotatable bonds is 3. The normalized spacial score (nSPS) is 26.0. The van der Waals surface area contributed by atoms with Crippen LogP contribution in [-0.4, -0.2) is 23.2 Å². The molecule has 0 bridgehead atoms. The number of aliphatic hydroxyl groups is 1. The van der Waals surface area contributed by atoms with Gasteiger partial charge in [-0.1, -0.05) is 13.8 Å². The van der Waals surface area contributed by atoms with Gasteiger partial charge >= 0.3 is 0 Å². The number of carbonyl (C=O) groups is 1. The third-order valence-corrected chi connectivity index (χ3v) is 4.66. The molecule has 0 radical (unpaired) electrons. The summed E-state index contributed by atoms with van der Waals surface area (Å²) in [6, 6.07) is 4.10. The molecule has 1 aromatic heterocycles. The van der Waals surface area contributed by atoms with E-state index in [-0.39, 0.29) is 23.5 Å². The van der Waals surface area contributed by atoms with Gasteiger partial charge in [-0.05, 0) is 31.6 Å². The Morgan fingerprint density at radius 2 is 2.28 bits per heavy atom. The van der Waals surface area contributed by atoms with Crippen molar-refractivity contribution in [2.75, 3.05) is 0 Å². The van der Waals surface area contributed by atoms with Crippen molar-refractivity contribution < 1.29 is 9.90 Å². The van der Waals surface area contributed by atoms with E-state index in [9.17, 15) is 9.90 Å². The highest BCUT2D eigenvalue weighted by atomic mass is 32.1. The molecule has 0 spiro atoms. The van der Waals surface area contributed by atoms with Crippen LogP contribution >= 0.6 is 11.3 Å². The third kappa shape index (κ3) is 2.65. The molecule has 0 saturated heterocycles. The molecular weight excluding hydrogens is 246 g/mol. The number of carbonyl (C=O) groups excluding carboxylic acids is 1. The minimum atomic E-state index is -0.313. The Labute approximate surface area is 112 Å². The SMILES string of the molecule is Cc1ccc(/C=C/C(=O)NC2CC(O)C2(C)C)s1. The molecule has 2 rings (SSSR count). The molecule has 1 aromatic rings. The van der Waals surface area contributed by atoms with Gasteiger partial charge < -0.3 is 10.4 Å². The fraction of sp³-hybridized carbons (Fsp3) is 0.500. The number of hydrogen-bond acceptors (Lipinski definition) is 3. The van der Waals surface area contributed by atoms with Gasteiger partial charge in [0.1, 0.15) is 0 Å². The van der Waals surface area contributed by atoms with Crippen LogP contribution in [-0.2, 0) is 4.79 Å². The summed E-state index contributed by atoms with van der Waals surface area (Å²) in [5.74, 6) is -0.0916. The molecule has 1 fully saturated rings. The molecule has 2 atom stereocenters. The van der Waals surface area contributed by atoms with Crippen LogP contribution in [0.5, 0.6) is 0 Å². The van der Waals surface area contributed by atoms with E-state index in [0.717, 1.165) is 4.88 Å². The Morgan fingerprint density at radius 3 is 2.78 bits per heavy atom. The highest BCUT2D eigenvalue weighted by molar-refractivity contribution is 7.12. The summed E-state index contributed by atoms with van der Waals surface area (Å²) in [6.07, 6.45) is 3.72. The van der Waals surface area contributed by atoms with Crippen molar-refractivity contribution in [3.05, 3.63) is 28.0 Å². The highest BCUT2D eigenvalue weighted by Gasteiger charge is 2.47. The predicted molar refractivity (Wildman–Crippen MR) is 74.4 cm³/mol. The molecule has 3 nitrogen and oxygen atoms in total. The summed E-state index contributed by atoms with van der Waals surface area (Å²) < 4.78 is 0. The molecule has 1 heterocycles. The average molecular weight is 265 g/mol. The first-order chi connectivity index (χ1) is 8.39. The molecular formula is C14H19NO2S. The third-order valence-electron chi connectivity index (χ3n) is 3.69. The minimum absolute atomic E-state index is 0.0646. The maximum Gasteiger partial charge on any atom is 0.244 e. The van der Waals surface area contributed by atoms with E-state index in [0.29, 0.717) is 6.42 Å². The van der Waals surface area contributed by atoms with E-state index >= 15 is 0 Å². The molecule has 1 amide bonds. The zero-order valence-corrected chi connectivity index (χ0v) is 11.8. The molecule has 0 aliphatic heterocycles. The van der Waals surface area contributed by atoms with Crippen LogP contribution in [0.25, 0.3) is 6.08 Å². The van der Waals surface area contributed by atoms with E-state index in [1.54, 1.807) is 17.4 Å². The van der Waals surface area contributed by atoms with E-state index in [4.69, 9.17) is 0 Å². The van der Waals surface area contributed by atoms with Crippen molar-refractivity contribution in [3.8, 4) is 0 Å². The zero-order valence-electron chi connectivity index (χ0n) is 10.9. The Balaban J connectivity index is 1.88. The molecule has 98 valence electrons. The summed E-state index contributed by atoms with van der Waals surface area (Å²) in [5, 5.41) is 12.5. The Morgan fingerprint density at radius 1 is 1.56 bits per heavy atom. The Bertz CT molecular complexity index is 476. The minimum Gasteiger partial charge on any atom is -0.392 e. The second kappa shape index (κ2) is 4.86. The lowest BCUT2D eigenvalue weighted by Crippen LogP contribution is -2.60. The smallest absolute Gasteiger partial charge is 0.244 e. The summed E-state index contributed by atoms with van der Waals surface area (Å²) in [7, 11) is 0. The van der Waals surface area contributed by atoms with Crippen LogP contribution in [0.3, 0.4) is 0 Å². The molecule has 4 heteroatoms. The lowest BCUT2D eigenvalue weighted by molar-refractivity contribution is -0.124. The van der Waals surface area contributed by atoms with Crippen LogP contribution < -0.4 is 5.32 Å². The van der Waals surface area contributed by atoms with Crippen molar-refractivity contribution in [3.63, 3.8) is 0 Å². The summed E-state index contributed by atoms with van der Waals surface area (Å²) in [5.41, 5.74) is -0.219. The van der Waals surface area contributed by atoms with Crippen molar-refractivity contribution in [1.82, 2.24) is 5.32 Å². The lowest BCUT2D eigenvalue weighted by Gasteiger charge is -2.49. The fourth-order valence-corrected chi connectivity index (χ4v) is 2.85. The summed E-state index contributed by atoms with van der Waals surface area (Å²) >= 11 is 1.66. The van der Waals surface area contributed by atoms with Crippen molar-refractivity contribution in [1.29, 1.82) is 0 Å². The maximum atomic E-state index is 11.7. The second-order valence-electron chi connectivity index (χ2n) is 5.42. The van der Waals surface area contributed by atoms with Gasteiger partial charge in [0.25, 0.3) is 0 Å². The summed E-state index contributed by atoms with van der Waals surface area (Å²) in [6.45, 7) is 5.98. The van der Waals surface area contributed by atoms with Crippen LogP contribution in [0.15, 0.2) is 18.2 Å². The topological polar surface area (TPSA) is 49.3 Å². The molecule has 2 N–H and O–H groups in total. The summed E-state index contributed by atoms with van der Waals surface area (Å²) in [4.78, 5) is 14.1. The molecule has 2 unspecified atom stereocenters. The predicted octanol–water partition coefficient (Wildman–Crippen LogP) is 2.35. The molecule has 0 aromatic carbocycles. The first-order valence-electron chi connectivity index (χ1n) is 6.12. The van der Waals surface area contributed by atoms with Crippen LogP contribution in [0.4, 0.5) is 0 Å². The number of aryl methyl sites for hydroxylation is 1. The van der Waals surface area contributed by atoms with E-state index in [2.05, 4.69) is 5.32 Å². The van der Waals surface area contributed by atoms with E-state index in [1.807, 2.05) is 39.0 Å². The van der Waals surface area contributed by atoms with Gasteiger partial charge in [-0.25, -0.2) is 0 Å². The van der Waals surface area contributed by atoms with Gasteiger partial charge in [0.2, 0.25) is 5.91 Å². The van der Waals surface area contributed by atoms with Gasteiger partial charge in [0.05, 0.1) is 6.10 Å². The van der Waals surface area contributed by atoms with Gasteiger partial charge in [0, 0.05) is 27.3 Å². The van der Waals surface area contributed by atoms with Crippen molar-refractivity contribution >= 4 is 23.3 Å². The number of amides is 1. The number of aliphatic hydroxyl groups excluding tert-OH is 1. The number of nitrogens with one attached hydrogen (secondary N) is 1. The Hall–Kier alpha value is -1.13. The molecule has 1 aliphatic carbocycles. The van der Waals surface area contributed by atoms with Crippen LogP contribution in [0, 0.1) is 12.3 Å². The van der Waals surface area contributed by atoms with Gasteiger partial charge in [0.15, 0.2) is 0 Å². The van der Waals surface area contributed by atoms with Crippen molar-refractivity contribution in [2.24, 2.45) is 5.41 Å². The van der Waals surface area contributed by atoms with E-state index in [1.165, 1.54) is 4.88 Å².